The van der Waals surface area contributed by atoms with Gasteiger partial charge in [-0.25, -0.2) is 0 Å². The molecule has 1 saturated heterocycles. The first-order valence-electron chi connectivity index (χ1n) is 7.19. The maximum absolute atomic E-state index is 12.4. The van der Waals surface area contributed by atoms with Crippen LogP contribution in [0, 0.1) is 0 Å². The Kier molecular flexibility index (Phi) is 4.22. The van der Waals surface area contributed by atoms with E-state index in [-0.39, 0.29) is 18.4 Å². The molecule has 0 radical (unpaired) electrons. The number of hydrogen-bond acceptors (Lipinski definition) is 4. The summed E-state index contributed by atoms with van der Waals surface area (Å²) in [6, 6.07) is 5.06. The number of halogens is 1. The van der Waals surface area contributed by atoms with E-state index in [9.17, 15) is 9.59 Å². The fourth-order valence-corrected chi connectivity index (χ4v) is 2.76. The monoisotopic (exact) mass is 324 g/mol. The van der Waals surface area contributed by atoms with Gasteiger partial charge in [0.2, 0.25) is 5.91 Å². The van der Waals surface area contributed by atoms with Gasteiger partial charge in [-0.2, -0.15) is 0 Å². The van der Waals surface area contributed by atoms with Crippen molar-refractivity contribution in [3.8, 4) is 5.75 Å². The van der Waals surface area contributed by atoms with Gasteiger partial charge in [0.15, 0.2) is 6.10 Å². The van der Waals surface area contributed by atoms with E-state index in [0.717, 1.165) is 0 Å². The Morgan fingerprint density at radius 2 is 2.09 bits per heavy atom. The SMILES string of the molecule is CC1Oc2ccc(Cl)cc2N(CC(=O)N2CCOCC2)C1=O. The third-order valence-electron chi connectivity index (χ3n) is 3.79. The zero-order chi connectivity index (χ0) is 15.7. The highest BCUT2D eigenvalue weighted by molar-refractivity contribution is 6.31. The highest BCUT2D eigenvalue weighted by Gasteiger charge is 2.34. The van der Waals surface area contributed by atoms with Crippen molar-refractivity contribution in [1.29, 1.82) is 0 Å². The van der Waals surface area contributed by atoms with E-state index in [1.165, 1.54) is 4.90 Å². The summed E-state index contributed by atoms with van der Waals surface area (Å²) in [5.74, 6) is 0.222. The molecule has 1 atom stereocenters. The van der Waals surface area contributed by atoms with Crippen LogP contribution in [0.15, 0.2) is 18.2 Å². The molecule has 1 aromatic carbocycles. The Hall–Kier alpha value is -1.79. The van der Waals surface area contributed by atoms with E-state index in [1.807, 2.05) is 0 Å². The number of nitrogens with zero attached hydrogens (tertiary/aromatic N) is 2. The van der Waals surface area contributed by atoms with Gasteiger partial charge in [0.1, 0.15) is 12.3 Å². The van der Waals surface area contributed by atoms with Gasteiger partial charge in [0.25, 0.3) is 5.91 Å². The molecular formula is C15H17ClN2O4. The molecule has 7 heteroatoms. The molecule has 2 aliphatic rings. The van der Waals surface area contributed by atoms with Gasteiger partial charge >= 0.3 is 0 Å². The number of carbonyl (C=O) groups is 2. The van der Waals surface area contributed by atoms with Gasteiger partial charge in [-0.1, -0.05) is 11.6 Å². The summed E-state index contributed by atoms with van der Waals surface area (Å²) in [6.45, 7) is 3.82. The second-order valence-corrected chi connectivity index (χ2v) is 5.73. The van der Waals surface area contributed by atoms with Crippen LogP contribution in [-0.2, 0) is 14.3 Å². The molecule has 0 aromatic heterocycles. The third-order valence-corrected chi connectivity index (χ3v) is 4.02. The van der Waals surface area contributed by atoms with Crippen LogP contribution in [0.2, 0.25) is 5.02 Å². The summed E-state index contributed by atoms with van der Waals surface area (Å²) < 4.78 is 10.8. The first-order valence-corrected chi connectivity index (χ1v) is 7.57. The lowest BCUT2D eigenvalue weighted by Gasteiger charge is -2.35. The van der Waals surface area contributed by atoms with E-state index in [0.29, 0.717) is 42.8 Å². The van der Waals surface area contributed by atoms with Crippen molar-refractivity contribution in [2.75, 3.05) is 37.7 Å². The topological polar surface area (TPSA) is 59.1 Å². The molecule has 1 aromatic rings. The Labute approximate surface area is 133 Å². The van der Waals surface area contributed by atoms with E-state index < -0.39 is 6.10 Å². The smallest absolute Gasteiger partial charge is 0.268 e. The summed E-state index contributed by atoms with van der Waals surface area (Å²) in [4.78, 5) is 28.0. The standard InChI is InChI=1S/C15H17ClN2O4/c1-10-15(20)18(9-14(19)17-4-6-21-7-5-17)12-8-11(16)2-3-13(12)22-10/h2-3,8,10H,4-7,9H2,1H3. The normalized spacial score (nSPS) is 21.4. The summed E-state index contributed by atoms with van der Waals surface area (Å²) in [5.41, 5.74) is 0.539. The van der Waals surface area contributed by atoms with Crippen molar-refractivity contribution in [1.82, 2.24) is 4.90 Å². The Morgan fingerprint density at radius 1 is 1.36 bits per heavy atom. The second-order valence-electron chi connectivity index (χ2n) is 5.29. The molecule has 118 valence electrons. The molecule has 0 bridgehead atoms. The minimum atomic E-state index is -0.619. The lowest BCUT2D eigenvalue weighted by atomic mass is 10.2. The summed E-state index contributed by atoms with van der Waals surface area (Å²) in [5, 5.41) is 0.494. The van der Waals surface area contributed by atoms with Gasteiger partial charge in [-0.3, -0.25) is 14.5 Å². The van der Waals surface area contributed by atoms with Crippen LogP contribution in [0.3, 0.4) is 0 Å². The third kappa shape index (κ3) is 2.89. The Bertz CT molecular complexity index is 601. The number of carbonyl (C=O) groups excluding carboxylic acids is 2. The van der Waals surface area contributed by atoms with Crippen molar-refractivity contribution in [2.24, 2.45) is 0 Å². The van der Waals surface area contributed by atoms with Crippen molar-refractivity contribution >= 4 is 29.1 Å². The van der Waals surface area contributed by atoms with Crippen molar-refractivity contribution < 1.29 is 19.1 Å². The molecule has 2 heterocycles. The number of morpholine rings is 1. The van der Waals surface area contributed by atoms with Gasteiger partial charge in [0, 0.05) is 18.1 Å². The highest BCUT2D eigenvalue weighted by Crippen LogP contribution is 2.36. The number of benzene rings is 1. The molecule has 22 heavy (non-hydrogen) atoms. The van der Waals surface area contributed by atoms with Gasteiger partial charge in [0.05, 0.1) is 18.9 Å². The zero-order valence-corrected chi connectivity index (χ0v) is 13.0. The average Bonchev–Trinajstić information content (AvgIpc) is 2.53. The number of fused-ring (bicyclic) bond motifs is 1. The fourth-order valence-electron chi connectivity index (χ4n) is 2.59. The van der Waals surface area contributed by atoms with Crippen LogP contribution in [-0.4, -0.2) is 55.7 Å². The molecule has 2 aliphatic heterocycles. The van der Waals surface area contributed by atoms with Crippen molar-refractivity contribution in [3.05, 3.63) is 23.2 Å². The molecule has 0 aliphatic carbocycles. The van der Waals surface area contributed by atoms with E-state index >= 15 is 0 Å². The quantitative estimate of drug-likeness (QED) is 0.823. The Balaban J connectivity index is 1.83. The van der Waals surface area contributed by atoms with Gasteiger partial charge < -0.3 is 14.4 Å². The molecule has 2 amide bonds. The lowest BCUT2D eigenvalue weighted by molar-refractivity contribution is -0.136. The van der Waals surface area contributed by atoms with Gasteiger partial charge in [-0.15, -0.1) is 0 Å². The predicted octanol–water partition coefficient (Wildman–Crippen LogP) is 1.31. The lowest BCUT2D eigenvalue weighted by Crippen LogP contribution is -2.51. The first-order chi connectivity index (χ1) is 10.6. The fraction of sp³-hybridized carbons (Fsp3) is 0.467. The molecule has 3 rings (SSSR count). The predicted molar refractivity (Wildman–Crippen MR) is 81.3 cm³/mol. The number of hydrogen-bond donors (Lipinski definition) is 0. The average molecular weight is 325 g/mol. The van der Waals surface area contributed by atoms with Crippen LogP contribution in [0.1, 0.15) is 6.92 Å². The Morgan fingerprint density at radius 3 is 2.82 bits per heavy atom. The number of amides is 2. The number of ether oxygens (including phenoxy) is 2. The molecule has 1 fully saturated rings. The van der Waals surface area contributed by atoms with Crippen molar-refractivity contribution in [3.63, 3.8) is 0 Å². The summed E-state index contributed by atoms with van der Waals surface area (Å²) in [6.07, 6.45) is -0.619. The zero-order valence-electron chi connectivity index (χ0n) is 12.3. The van der Waals surface area contributed by atoms with Crippen LogP contribution in [0.25, 0.3) is 0 Å². The largest absolute Gasteiger partial charge is 0.479 e. The first kappa shape index (κ1) is 15.1. The highest BCUT2D eigenvalue weighted by atomic mass is 35.5. The van der Waals surface area contributed by atoms with Gasteiger partial charge in [-0.05, 0) is 25.1 Å². The van der Waals surface area contributed by atoms with E-state index in [2.05, 4.69) is 0 Å². The minimum Gasteiger partial charge on any atom is -0.479 e. The maximum atomic E-state index is 12.4. The molecule has 0 saturated carbocycles. The van der Waals surface area contributed by atoms with Crippen LogP contribution in [0.5, 0.6) is 5.75 Å². The molecule has 1 unspecified atom stereocenters. The minimum absolute atomic E-state index is 0.0140. The molecule has 0 spiro atoms. The van der Waals surface area contributed by atoms with Crippen LogP contribution in [0.4, 0.5) is 5.69 Å². The molecule has 6 nitrogen and oxygen atoms in total. The number of anilines is 1. The molecule has 0 N–H and O–H groups in total. The van der Waals surface area contributed by atoms with Crippen LogP contribution >= 0.6 is 11.6 Å². The summed E-state index contributed by atoms with van der Waals surface area (Å²) in [7, 11) is 0. The second kappa shape index (κ2) is 6.14. The van der Waals surface area contributed by atoms with Crippen LogP contribution < -0.4 is 9.64 Å². The van der Waals surface area contributed by atoms with E-state index in [4.69, 9.17) is 21.1 Å². The van der Waals surface area contributed by atoms with E-state index in [1.54, 1.807) is 30.0 Å². The number of rotatable bonds is 2. The molecular weight excluding hydrogens is 308 g/mol. The summed E-state index contributed by atoms with van der Waals surface area (Å²) >= 11 is 6.01. The van der Waals surface area contributed by atoms with Crippen molar-refractivity contribution in [2.45, 2.75) is 13.0 Å². The maximum Gasteiger partial charge on any atom is 0.268 e.